The molecule has 0 radical (unpaired) electrons. The van der Waals surface area contributed by atoms with Crippen molar-refractivity contribution in [3.8, 4) is 11.5 Å². The number of carbonyl (C=O) groups excluding carboxylic acids is 1. The van der Waals surface area contributed by atoms with Crippen molar-refractivity contribution in [2.45, 2.75) is 6.92 Å². The summed E-state index contributed by atoms with van der Waals surface area (Å²) >= 11 is 6.16. The number of aryl methyl sites for hydroxylation is 1. The Balaban J connectivity index is 1.45. The van der Waals surface area contributed by atoms with Gasteiger partial charge in [0.05, 0.1) is 12.7 Å². The average Bonchev–Trinajstić information content (AvgIpc) is 2.74. The number of piperazine rings is 1. The molecule has 0 unspecified atom stereocenters. The zero-order valence-electron chi connectivity index (χ0n) is 16.1. The summed E-state index contributed by atoms with van der Waals surface area (Å²) in [6.45, 7) is 5.29. The van der Waals surface area contributed by atoms with Crippen LogP contribution in [0.4, 0.5) is 5.69 Å². The second-order valence-corrected chi connectivity index (χ2v) is 7.51. The van der Waals surface area contributed by atoms with Crippen molar-refractivity contribution in [1.82, 2.24) is 4.90 Å². The summed E-state index contributed by atoms with van der Waals surface area (Å²) < 4.78 is 11.0. The van der Waals surface area contributed by atoms with E-state index in [4.69, 9.17) is 21.1 Å². The van der Waals surface area contributed by atoms with Gasteiger partial charge in [-0.3, -0.25) is 4.79 Å². The van der Waals surface area contributed by atoms with E-state index in [0.29, 0.717) is 25.3 Å². The highest BCUT2D eigenvalue weighted by Gasteiger charge is 2.26. The Bertz CT molecular complexity index is 933. The van der Waals surface area contributed by atoms with Crippen LogP contribution in [0.3, 0.4) is 0 Å². The summed E-state index contributed by atoms with van der Waals surface area (Å²) in [5, 5.41) is 0.734. The Labute approximate surface area is 170 Å². The van der Waals surface area contributed by atoms with Gasteiger partial charge in [0.15, 0.2) is 0 Å². The van der Waals surface area contributed by atoms with Gasteiger partial charge < -0.3 is 19.3 Å². The summed E-state index contributed by atoms with van der Waals surface area (Å²) in [6.07, 6.45) is 1.91. The lowest BCUT2D eigenvalue weighted by molar-refractivity contribution is -0.127. The maximum atomic E-state index is 13.0. The predicted molar refractivity (Wildman–Crippen MR) is 111 cm³/mol. The number of nitrogens with zero attached hydrogens (tertiary/aromatic N) is 2. The van der Waals surface area contributed by atoms with Crippen molar-refractivity contribution in [2.75, 3.05) is 44.8 Å². The number of hydrogen-bond acceptors (Lipinski definition) is 4. The molecule has 0 bridgehead atoms. The standard InChI is InChI=1S/C22H23ClN2O3/c1-15-3-4-18(23)13-20(15)24-7-9-25(10-8-24)22(26)17-11-16-12-19(27-2)5-6-21(16)28-14-17/h3-6,11-13H,7-10,14H2,1-2H3. The third-order valence-electron chi connectivity index (χ3n) is 5.28. The van der Waals surface area contributed by atoms with Gasteiger partial charge in [-0.2, -0.15) is 0 Å². The Kier molecular flexibility index (Phi) is 5.18. The lowest BCUT2D eigenvalue weighted by Crippen LogP contribution is -2.49. The molecule has 2 aromatic rings. The van der Waals surface area contributed by atoms with Crippen LogP contribution >= 0.6 is 11.6 Å². The van der Waals surface area contributed by atoms with Crippen LogP contribution in [-0.4, -0.2) is 50.7 Å². The Morgan fingerprint density at radius 2 is 1.89 bits per heavy atom. The van der Waals surface area contributed by atoms with Gasteiger partial charge in [0, 0.05) is 42.5 Å². The fourth-order valence-corrected chi connectivity index (χ4v) is 3.85. The van der Waals surface area contributed by atoms with Crippen molar-refractivity contribution >= 4 is 29.3 Å². The largest absolute Gasteiger partial charge is 0.497 e. The van der Waals surface area contributed by atoms with Crippen molar-refractivity contribution in [3.63, 3.8) is 0 Å². The molecular formula is C22H23ClN2O3. The Hall–Kier alpha value is -2.66. The molecule has 1 amide bonds. The third kappa shape index (κ3) is 3.67. The minimum absolute atomic E-state index is 0.0379. The Morgan fingerprint density at radius 3 is 2.64 bits per heavy atom. The van der Waals surface area contributed by atoms with E-state index in [9.17, 15) is 4.79 Å². The van der Waals surface area contributed by atoms with Gasteiger partial charge in [-0.1, -0.05) is 17.7 Å². The predicted octanol–water partition coefficient (Wildman–Crippen LogP) is 3.78. The molecule has 0 aromatic heterocycles. The van der Waals surface area contributed by atoms with E-state index in [1.165, 1.54) is 5.56 Å². The number of amides is 1. The number of fused-ring (bicyclic) bond motifs is 1. The molecule has 0 aliphatic carbocycles. The zero-order valence-corrected chi connectivity index (χ0v) is 16.8. The highest BCUT2D eigenvalue weighted by atomic mass is 35.5. The van der Waals surface area contributed by atoms with Crippen LogP contribution in [0.5, 0.6) is 11.5 Å². The Morgan fingerprint density at radius 1 is 1.11 bits per heavy atom. The van der Waals surface area contributed by atoms with E-state index in [1.54, 1.807) is 7.11 Å². The lowest BCUT2D eigenvalue weighted by atomic mass is 10.1. The quantitative estimate of drug-likeness (QED) is 0.789. The number of hydrogen-bond donors (Lipinski definition) is 0. The molecule has 2 aliphatic rings. The van der Waals surface area contributed by atoms with E-state index in [0.717, 1.165) is 40.9 Å². The van der Waals surface area contributed by atoms with Crippen molar-refractivity contribution < 1.29 is 14.3 Å². The van der Waals surface area contributed by atoms with Crippen molar-refractivity contribution in [2.24, 2.45) is 0 Å². The molecular weight excluding hydrogens is 376 g/mol. The maximum absolute atomic E-state index is 13.0. The molecule has 146 valence electrons. The van der Waals surface area contributed by atoms with Crippen molar-refractivity contribution in [3.05, 3.63) is 58.1 Å². The number of carbonyl (C=O) groups is 1. The molecule has 0 spiro atoms. The normalized spacial score (nSPS) is 16.2. The summed E-state index contributed by atoms with van der Waals surface area (Å²) in [5.41, 5.74) is 3.88. The molecule has 1 fully saturated rings. The smallest absolute Gasteiger partial charge is 0.253 e. The third-order valence-corrected chi connectivity index (χ3v) is 5.52. The second kappa shape index (κ2) is 7.76. The topological polar surface area (TPSA) is 42.0 Å². The highest BCUT2D eigenvalue weighted by Crippen LogP contribution is 2.31. The summed E-state index contributed by atoms with van der Waals surface area (Å²) in [6, 6.07) is 11.6. The molecule has 0 N–H and O–H groups in total. The van der Waals surface area contributed by atoms with Crippen LogP contribution in [0.15, 0.2) is 42.0 Å². The number of benzene rings is 2. The SMILES string of the molecule is COc1ccc2c(c1)C=C(C(=O)N1CCN(c3cc(Cl)ccc3C)CC1)CO2. The molecule has 2 heterocycles. The lowest BCUT2D eigenvalue weighted by Gasteiger charge is -2.37. The number of ether oxygens (including phenoxy) is 2. The van der Waals surface area contributed by atoms with Crippen LogP contribution in [0, 0.1) is 6.92 Å². The minimum atomic E-state index is 0.0379. The molecule has 28 heavy (non-hydrogen) atoms. The molecule has 1 saturated heterocycles. The van der Waals surface area contributed by atoms with E-state index >= 15 is 0 Å². The molecule has 0 saturated carbocycles. The van der Waals surface area contributed by atoms with Gasteiger partial charge in [0.25, 0.3) is 5.91 Å². The van der Waals surface area contributed by atoms with E-state index in [2.05, 4.69) is 11.8 Å². The first-order valence-electron chi connectivity index (χ1n) is 9.37. The number of rotatable bonds is 3. The molecule has 5 nitrogen and oxygen atoms in total. The first kappa shape index (κ1) is 18.7. The highest BCUT2D eigenvalue weighted by molar-refractivity contribution is 6.30. The molecule has 2 aromatic carbocycles. The van der Waals surface area contributed by atoms with Gasteiger partial charge in [0.1, 0.15) is 18.1 Å². The number of halogens is 1. The van der Waals surface area contributed by atoms with E-state index in [1.807, 2.05) is 47.4 Å². The molecule has 6 heteroatoms. The van der Waals surface area contributed by atoms with Gasteiger partial charge in [0.2, 0.25) is 0 Å². The summed E-state index contributed by atoms with van der Waals surface area (Å²) in [7, 11) is 1.63. The van der Waals surface area contributed by atoms with Crippen LogP contribution in [0.25, 0.3) is 6.08 Å². The number of methoxy groups -OCH3 is 1. The van der Waals surface area contributed by atoms with Gasteiger partial charge >= 0.3 is 0 Å². The minimum Gasteiger partial charge on any atom is -0.497 e. The van der Waals surface area contributed by atoms with Crippen LogP contribution in [-0.2, 0) is 4.79 Å². The first-order valence-corrected chi connectivity index (χ1v) is 9.75. The average molecular weight is 399 g/mol. The van der Waals surface area contributed by atoms with Crippen LogP contribution in [0.2, 0.25) is 5.02 Å². The van der Waals surface area contributed by atoms with Crippen LogP contribution in [0.1, 0.15) is 11.1 Å². The monoisotopic (exact) mass is 398 g/mol. The van der Waals surface area contributed by atoms with E-state index in [-0.39, 0.29) is 5.91 Å². The number of anilines is 1. The summed E-state index contributed by atoms with van der Waals surface area (Å²) in [4.78, 5) is 17.2. The zero-order chi connectivity index (χ0) is 19.7. The molecule has 4 rings (SSSR count). The van der Waals surface area contributed by atoms with Crippen molar-refractivity contribution in [1.29, 1.82) is 0 Å². The fraction of sp³-hybridized carbons (Fsp3) is 0.318. The first-order chi connectivity index (χ1) is 13.5. The van der Waals surface area contributed by atoms with E-state index < -0.39 is 0 Å². The maximum Gasteiger partial charge on any atom is 0.253 e. The van der Waals surface area contributed by atoms with Gasteiger partial charge in [-0.25, -0.2) is 0 Å². The molecule has 0 atom stereocenters. The van der Waals surface area contributed by atoms with Crippen LogP contribution < -0.4 is 14.4 Å². The van der Waals surface area contributed by atoms with Gasteiger partial charge in [-0.05, 0) is 48.9 Å². The summed E-state index contributed by atoms with van der Waals surface area (Å²) in [5.74, 6) is 1.56. The second-order valence-electron chi connectivity index (χ2n) is 7.07. The van der Waals surface area contributed by atoms with Gasteiger partial charge in [-0.15, -0.1) is 0 Å². The molecule has 2 aliphatic heterocycles. The fourth-order valence-electron chi connectivity index (χ4n) is 3.68.